The van der Waals surface area contributed by atoms with Crippen LogP contribution in [0.25, 0.3) is 0 Å². The average molecular weight is 183 g/mol. The summed E-state index contributed by atoms with van der Waals surface area (Å²) in [6, 6.07) is 1.85. The molecule has 0 saturated heterocycles. The quantitative estimate of drug-likeness (QED) is 0.739. The van der Waals surface area contributed by atoms with Crippen LogP contribution in [0.3, 0.4) is 0 Å². The number of likely N-dealkylation sites (N-methyl/N-ethyl adjacent to an activating group) is 1. The summed E-state index contributed by atoms with van der Waals surface area (Å²) in [7, 11) is 4.04. The van der Waals surface area contributed by atoms with E-state index in [2.05, 4.69) is 10.00 Å². The molecule has 1 unspecified atom stereocenters. The van der Waals surface area contributed by atoms with Crippen molar-refractivity contribution >= 4 is 0 Å². The normalized spacial score (nSPS) is 13.6. The van der Waals surface area contributed by atoms with Gasteiger partial charge in [0.25, 0.3) is 0 Å². The van der Waals surface area contributed by atoms with E-state index in [1.165, 1.54) is 0 Å². The molecule has 4 nitrogen and oxygen atoms in total. The van der Waals surface area contributed by atoms with Crippen LogP contribution in [0.15, 0.2) is 12.3 Å². The maximum Gasteiger partial charge on any atom is 0.0928 e. The first kappa shape index (κ1) is 10.2. The van der Waals surface area contributed by atoms with Gasteiger partial charge in [-0.05, 0) is 27.1 Å². The van der Waals surface area contributed by atoms with Gasteiger partial charge in [0.2, 0.25) is 0 Å². The third kappa shape index (κ3) is 2.82. The Hall–Kier alpha value is -0.870. The van der Waals surface area contributed by atoms with Crippen LogP contribution in [-0.4, -0.2) is 40.4 Å². The van der Waals surface area contributed by atoms with Gasteiger partial charge in [0, 0.05) is 12.7 Å². The Morgan fingerprint density at radius 2 is 2.31 bits per heavy atom. The highest BCUT2D eigenvalue weighted by atomic mass is 16.3. The van der Waals surface area contributed by atoms with E-state index in [1.54, 1.807) is 13.1 Å². The molecule has 1 rings (SSSR count). The maximum absolute atomic E-state index is 9.38. The van der Waals surface area contributed by atoms with Crippen molar-refractivity contribution in [2.24, 2.45) is 0 Å². The zero-order valence-electron chi connectivity index (χ0n) is 8.44. The Balaban J connectivity index is 2.60. The highest BCUT2D eigenvalue weighted by Crippen LogP contribution is 2.10. The second kappa shape index (κ2) is 4.39. The summed E-state index contributed by atoms with van der Waals surface area (Å²) in [6.45, 7) is 3.50. The minimum Gasteiger partial charge on any atom is -0.387 e. The van der Waals surface area contributed by atoms with Crippen LogP contribution >= 0.6 is 0 Å². The van der Waals surface area contributed by atoms with Crippen LogP contribution in [0.4, 0.5) is 0 Å². The Bertz CT molecular complexity index is 255. The minimum absolute atomic E-state index is 0.440. The van der Waals surface area contributed by atoms with Gasteiger partial charge in [-0.3, -0.25) is 4.68 Å². The molecule has 0 spiro atoms. The van der Waals surface area contributed by atoms with Gasteiger partial charge in [-0.2, -0.15) is 5.10 Å². The first-order valence-corrected chi connectivity index (χ1v) is 4.45. The van der Waals surface area contributed by atoms with Gasteiger partial charge < -0.3 is 10.0 Å². The molecule has 1 atom stereocenters. The van der Waals surface area contributed by atoms with Gasteiger partial charge in [-0.1, -0.05) is 0 Å². The van der Waals surface area contributed by atoms with E-state index in [1.807, 2.05) is 24.8 Å². The van der Waals surface area contributed by atoms with E-state index < -0.39 is 6.10 Å². The summed E-state index contributed by atoms with van der Waals surface area (Å²) >= 11 is 0. The van der Waals surface area contributed by atoms with Gasteiger partial charge in [0.05, 0.1) is 18.3 Å². The molecule has 0 fully saturated rings. The Labute approximate surface area is 78.8 Å². The molecule has 0 amide bonds. The average Bonchev–Trinajstić information content (AvgIpc) is 2.47. The van der Waals surface area contributed by atoms with Gasteiger partial charge in [0.15, 0.2) is 0 Å². The fourth-order valence-electron chi connectivity index (χ4n) is 1.18. The molecule has 1 heterocycles. The highest BCUT2D eigenvalue weighted by Gasteiger charge is 2.07. The predicted molar refractivity (Wildman–Crippen MR) is 51.4 cm³/mol. The first-order valence-electron chi connectivity index (χ1n) is 4.45. The summed E-state index contributed by atoms with van der Waals surface area (Å²) in [5.41, 5.74) is 0.877. The van der Waals surface area contributed by atoms with Crippen molar-refractivity contribution in [1.29, 1.82) is 0 Å². The molecule has 4 heteroatoms. The second-order valence-corrected chi connectivity index (χ2v) is 3.46. The van der Waals surface area contributed by atoms with Crippen LogP contribution < -0.4 is 0 Å². The van der Waals surface area contributed by atoms with Gasteiger partial charge in [0.1, 0.15) is 0 Å². The lowest BCUT2D eigenvalue weighted by Crippen LogP contribution is -2.20. The molecule has 0 aliphatic heterocycles. The number of aliphatic hydroxyl groups is 1. The minimum atomic E-state index is -0.440. The number of aliphatic hydroxyl groups excluding tert-OH is 1. The Kier molecular flexibility index (Phi) is 3.45. The monoisotopic (exact) mass is 183 g/mol. The highest BCUT2D eigenvalue weighted by molar-refractivity contribution is 5.03. The van der Waals surface area contributed by atoms with E-state index >= 15 is 0 Å². The van der Waals surface area contributed by atoms with Crippen LogP contribution in [0, 0.1) is 0 Å². The third-order valence-electron chi connectivity index (χ3n) is 1.94. The number of hydrogen-bond donors (Lipinski definition) is 1. The molecular weight excluding hydrogens is 166 g/mol. The first-order chi connectivity index (χ1) is 6.11. The maximum atomic E-state index is 9.38. The zero-order valence-corrected chi connectivity index (χ0v) is 8.44. The van der Waals surface area contributed by atoms with E-state index in [-0.39, 0.29) is 0 Å². The standard InChI is InChI=1S/C9H17N3O/c1-8(13)9-4-5-10-12(9)7-6-11(2)3/h4-5,8,13H,6-7H2,1-3H3. The largest absolute Gasteiger partial charge is 0.387 e. The summed E-state index contributed by atoms with van der Waals surface area (Å²) in [5, 5.41) is 13.5. The zero-order chi connectivity index (χ0) is 9.84. The van der Waals surface area contributed by atoms with Crippen molar-refractivity contribution in [3.8, 4) is 0 Å². The fourth-order valence-corrected chi connectivity index (χ4v) is 1.18. The van der Waals surface area contributed by atoms with Crippen LogP contribution in [0.5, 0.6) is 0 Å². The number of nitrogens with zero attached hydrogens (tertiary/aromatic N) is 3. The van der Waals surface area contributed by atoms with E-state index in [4.69, 9.17) is 0 Å². The molecule has 13 heavy (non-hydrogen) atoms. The lowest BCUT2D eigenvalue weighted by atomic mass is 10.3. The molecule has 0 aromatic carbocycles. The smallest absolute Gasteiger partial charge is 0.0928 e. The lowest BCUT2D eigenvalue weighted by Gasteiger charge is -2.12. The van der Waals surface area contributed by atoms with E-state index in [0.717, 1.165) is 18.8 Å². The third-order valence-corrected chi connectivity index (χ3v) is 1.94. The summed E-state index contributed by atoms with van der Waals surface area (Å²) < 4.78 is 1.84. The summed E-state index contributed by atoms with van der Waals surface area (Å²) in [4.78, 5) is 2.09. The van der Waals surface area contributed by atoms with Crippen LogP contribution in [-0.2, 0) is 6.54 Å². The molecular formula is C9H17N3O. The SMILES string of the molecule is CC(O)c1ccnn1CCN(C)C. The van der Waals surface area contributed by atoms with E-state index in [9.17, 15) is 5.11 Å². The lowest BCUT2D eigenvalue weighted by molar-refractivity contribution is 0.185. The van der Waals surface area contributed by atoms with Crippen molar-refractivity contribution in [3.05, 3.63) is 18.0 Å². The molecule has 0 aliphatic rings. The molecule has 1 N–H and O–H groups in total. The molecule has 74 valence electrons. The number of aromatic nitrogens is 2. The van der Waals surface area contributed by atoms with Crippen LogP contribution in [0.1, 0.15) is 18.7 Å². The predicted octanol–water partition coefficient (Wildman–Crippen LogP) is 0.498. The summed E-state index contributed by atoms with van der Waals surface area (Å²) in [5.74, 6) is 0. The molecule has 1 aromatic heterocycles. The van der Waals surface area contributed by atoms with Crippen molar-refractivity contribution in [1.82, 2.24) is 14.7 Å². The van der Waals surface area contributed by atoms with E-state index in [0.29, 0.717) is 0 Å². The molecule has 0 aliphatic carbocycles. The molecule has 1 aromatic rings. The number of rotatable bonds is 4. The molecule has 0 radical (unpaired) electrons. The van der Waals surface area contributed by atoms with Gasteiger partial charge in [-0.15, -0.1) is 0 Å². The topological polar surface area (TPSA) is 41.3 Å². The second-order valence-electron chi connectivity index (χ2n) is 3.46. The molecule has 0 bridgehead atoms. The van der Waals surface area contributed by atoms with Gasteiger partial charge >= 0.3 is 0 Å². The van der Waals surface area contributed by atoms with Gasteiger partial charge in [-0.25, -0.2) is 0 Å². The van der Waals surface area contributed by atoms with Crippen molar-refractivity contribution in [3.63, 3.8) is 0 Å². The van der Waals surface area contributed by atoms with Crippen molar-refractivity contribution < 1.29 is 5.11 Å². The Morgan fingerprint density at radius 1 is 1.62 bits per heavy atom. The fraction of sp³-hybridized carbons (Fsp3) is 0.667. The van der Waals surface area contributed by atoms with Crippen molar-refractivity contribution in [2.45, 2.75) is 19.6 Å². The summed E-state index contributed by atoms with van der Waals surface area (Å²) in [6.07, 6.45) is 1.28. The number of hydrogen-bond acceptors (Lipinski definition) is 3. The van der Waals surface area contributed by atoms with Crippen LogP contribution in [0.2, 0.25) is 0 Å². The molecule has 0 saturated carbocycles. The Morgan fingerprint density at radius 3 is 2.85 bits per heavy atom. The van der Waals surface area contributed by atoms with Crippen molar-refractivity contribution in [2.75, 3.05) is 20.6 Å².